The van der Waals surface area contributed by atoms with Gasteiger partial charge in [0.25, 0.3) is 0 Å². The highest BCUT2D eigenvalue weighted by Crippen LogP contribution is 2.36. The number of aliphatic carboxylic acids is 1. The number of nitro groups is 1. The molecule has 0 aliphatic carbocycles. The van der Waals surface area contributed by atoms with Gasteiger partial charge in [-0.25, -0.2) is 0 Å². The van der Waals surface area contributed by atoms with Crippen LogP contribution in [-0.4, -0.2) is 34.9 Å². The molecule has 2 aromatic rings. The van der Waals surface area contributed by atoms with E-state index in [4.69, 9.17) is 9.84 Å². The number of Topliss-reactive ketones (excluding diaryl/α,β-unsaturated/α-hetero) is 1. The number of carbonyl (C=O) groups excluding carboxylic acids is 1. The van der Waals surface area contributed by atoms with Gasteiger partial charge in [0.1, 0.15) is 11.5 Å². The van der Waals surface area contributed by atoms with Gasteiger partial charge in [0.2, 0.25) is 5.75 Å². The van der Waals surface area contributed by atoms with Crippen LogP contribution >= 0.6 is 0 Å². The predicted octanol–water partition coefficient (Wildman–Crippen LogP) is 4.21. The van der Waals surface area contributed by atoms with Gasteiger partial charge in [-0.1, -0.05) is 12.1 Å². The molecule has 0 spiro atoms. The number of ketones is 1. The van der Waals surface area contributed by atoms with Gasteiger partial charge >= 0.3 is 11.7 Å². The number of nitrogens with zero attached hydrogens (tertiary/aromatic N) is 2. The fourth-order valence-corrected chi connectivity index (χ4v) is 3.49. The van der Waals surface area contributed by atoms with E-state index in [1.807, 2.05) is 17.0 Å². The quantitative estimate of drug-likeness (QED) is 0.511. The van der Waals surface area contributed by atoms with E-state index in [2.05, 4.69) is 0 Å². The van der Waals surface area contributed by atoms with E-state index >= 15 is 0 Å². The number of benzene rings is 2. The molecule has 1 heterocycles. The number of nitro benzene ring substituents is 1. The lowest BCUT2D eigenvalue weighted by atomic mass is 9.97. The van der Waals surface area contributed by atoms with Crippen LogP contribution in [0.15, 0.2) is 42.5 Å². The highest BCUT2D eigenvalue weighted by Gasteiger charge is 2.26. The number of aryl methyl sites for hydroxylation is 1. The van der Waals surface area contributed by atoms with E-state index in [1.165, 1.54) is 6.07 Å². The molecule has 1 saturated heterocycles. The molecule has 8 nitrogen and oxygen atoms in total. The predicted molar refractivity (Wildman–Crippen MR) is 111 cm³/mol. The normalized spacial score (nSPS) is 14.4. The van der Waals surface area contributed by atoms with E-state index in [1.54, 1.807) is 31.2 Å². The molecule has 2 aromatic carbocycles. The minimum atomic E-state index is -0.783. The maximum atomic E-state index is 11.4. The maximum Gasteiger partial charge on any atom is 0.311 e. The zero-order valence-electron chi connectivity index (χ0n) is 16.7. The van der Waals surface area contributed by atoms with Gasteiger partial charge in [-0.2, -0.15) is 0 Å². The summed E-state index contributed by atoms with van der Waals surface area (Å²) in [6.07, 6.45) is 2.16. The van der Waals surface area contributed by atoms with E-state index < -0.39 is 10.9 Å². The molecule has 3 rings (SSSR count). The summed E-state index contributed by atoms with van der Waals surface area (Å²) in [5.74, 6) is -0.415. The third-order valence-corrected chi connectivity index (χ3v) is 5.27. The number of rotatable bonds is 8. The zero-order valence-corrected chi connectivity index (χ0v) is 16.7. The summed E-state index contributed by atoms with van der Waals surface area (Å²) in [5, 5.41) is 20.6. The standard InChI is InChI=1S/C22H24N2O6/c1-15(25)2-3-16-4-7-19(8-5-16)30-21-14-18(6-9-20(21)24(28)29)23-12-10-17(11-13-23)22(26)27/h4-9,14,17H,2-3,10-13H2,1H3,(H,26,27). The Labute approximate surface area is 174 Å². The van der Waals surface area contributed by atoms with Crippen molar-refractivity contribution in [2.24, 2.45) is 5.92 Å². The number of carbonyl (C=O) groups is 2. The Morgan fingerprint density at radius 2 is 1.83 bits per heavy atom. The summed E-state index contributed by atoms with van der Waals surface area (Å²) in [5.41, 5.74) is 1.61. The zero-order chi connectivity index (χ0) is 21.7. The molecule has 1 N–H and O–H groups in total. The molecule has 30 heavy (non-hydrogen) atoms. The van der Waals surface area contributed by atoms with Gasteiger partial charge in [-0.05, 0) is 49.9 Å². The fourth-order valence-electron chi connectivity index (χ4n) is 3.49. The number of hydrogen-bond acceptors (Lipinski definition) is 6. The van der Waals surface area contributed by atoms with Crippen LogP contribution in [0, 0.1) is 16.0 Å². The highest BCUT2D eigenvalue weighted by atomic mass is 16.6. The Balaban J connectivity index is 1.76. The van der Waals surface area contributed by atoms with Crippen molar-refractivity contribution in [2.45, 2.75) is 32.6 Å². The van der Waals surface area contributed by atoms with Crippen LogP contribution in [0.5, 0.6) is 11.5 Å². The summed E-state index contributed by atoms with van der Waals surface area (Å²) in [4.78, 5) is 35.2. The lowest BCUT2D eigenvalue weighted by Crippen LogP contribution is -2.36. The number of hydrogen-bond donors (Lipinski definition) is 1. The first-order chi connectivity index (χ1) is 14.3. The highest BCUT2D eigenvalue weighted by molar-refractivity contribution is 5.75. The fraction of sp³-hybridized carbons (Fsp3) is 0.364. The van der Waals surface area contributed by atoms with E-state index in [0.29, 0.717) is 44.5 Å². The van der Waals surface area contributed by atoms with Crippen molar-refractivity contribution in [1.29, 1.82) is 0 Å². The first-order valence-electron chi connectivity index (χ1n) is 9.86. The van der Waals surface area contributed by atoms with Crippen LogP contribution in [0.25, 0.3) is 0 Å². The van der Waals surface area contributed by atoms with Crippen LogP contribution in [0.4, 0.5) is 11.4 Å². The molecule has 158 valence electrons. The number of carboxylic acid groups (broad SMARTS) is 1. The Kier molecular flexibility index (Phi) is 6.66. The van der Waals surface area contributed by atoms with Crippen LogP contribution in [-0.2, 0) is 16.0 Å². The van der Waals surface area contributed by atoms with Gasteiger partial charge in [0.05, 0.1) is 10.8 Å². The Morgan fingerprint density at radius 1 is 1.17 bits per heavy atom. The average Bonchev–Trinajstić information content (AvgIpc) is 2.73. The van der Waals surface area contributed by atoms with Gasteiger partial charge in [0.15, 0.2) is 0 Å². The Hall–Kier alpha value is -3.42. The Morgan fingerprint density at radius 3 is 2.40 bits per heavy atom. The molecule has 1 fully saturated rings. The largest absolute Gasteiger partial charge is 0.481 e. The summed E-state index contributed by atoms with van der Waals surface area (Å²) in [7, 11) is 0. The van der Waals surface area contributed by atoms with E-state index in [9.17, 15) is 19.7 Å². The van der Waals surface area contributed by atoms with Crippen molar-refractivity contribution in [3.8, 4) is 11.5 Å². The lowest BCUT2D eigenvalue weighted by molar-refractivity contribution is -0.385. The van der Waals surface area contributed by atoms with Crippen LogP contribution in [0.2, 0.25) is 0 Å². The first kappa shape index (κ1) is 21.3. The number of carboxylic acids is 1. The summed E-state index contributed by atoms with van der Waals surface area (Å²) >= 11 is 0. The van der Waals surface area contributed by atoms with Crippen molar-refractivity contribution in [1.82, 2.24) is 0 Å². The van der Waals surface area contributed by atoms with Gasteiger partial charge in [-0.3, -0.25) is 14.9 Å². The van der Waals surface area contributed by atoms with Crippen LogP contribution < -0.4 is 9.64 Å². The molecule has 1 aliphatic heterocycles. The second-order valence-electron chi connectivity index (χ2n) is 7.46. The van der Waals surface area contributed by atoms with E-state index in [0.717, 1.165) is 11.3 Å². The summed E-state index contributed by atoms with van der Waals surface area (Å²) in [6, 6.07) is 11.8. The molecule has 0 radical (unpaired) electrons. The maximum absolute atomic E-state index is 11.4. The van der Waals surface area contributed by atoms with Gasteiger partial charge < -0.3 is 19.5 Å². The molecule has 0 aromatic heterocycles. The average molecular weight is 412 g/mol. The molecule has 0 saturated carbocycles. The van der Waals surface area contributed by atoms with Crippen molar-refractivity contribution in [3.63, 3.8) is 0 Å². The topological polar surface area (TPSA) is 110 Å². The van der Waals surface area contributed by atoms with Crippen molar-refractivity contribution in [2.75, 3.05) is 18.0 Å². The van der Waals surface area contributed by atoms with Crippen LogP contribution in [0.1, 0.15) is 31.7 Å². The number of piperidine rings is 1. The second kappa shape index (κ2) is 9.39. The van der Waals surface area contributed by atoms with Crippen molar-refractivity contribution < 1.29 is 24.4 Å². The monoisotopic (exact) mass is 412 g/mol. The van der Waals surface area contributed by atoms with Crippen molar-refractivity contribution >= 4 is 23.1 Å². The smallest absolute Gasteiger partial charge is 0.311 e. The van der Waals surface area contributed by atoms with Crippen LogP contribution in [0.3, 0.4) is 0 Å². The minimum absolute atomic E-state index is 0.121. The Bertz CT molecular complexity index is 933. The molecule has 8 heteroatoms. The number of anilines is 1. The number of ether oxygens (including phenoxy) is 1. The molecule has 0 amide bonds. The lowest BCUT2D eigenvalue weighted by Gasteiger charge is -2.32. The summed E-state index contributed by atoms with van der Waals surface area (Å²) < 4.78 is 5.81. The molecule has 1 aliphatic rings. The summed E-state index contributed by atoms with van der Waals surface area (Å²) in [6.45, 7) is 2.69. The second-order valence-corrected chi connectivity index (χ2v) is 7.46. The first-order valence-corrected chi connectivity index (χ1v) is 9.86. The van der Waals surface area contributed by atoms with Crippen molar-refractivity contribution in [3.05, 3.63) is 58.1 Å². The van der Waals surface area contributed by atoms with Gasteiger partial charge in [0, 0.05) is 37.3 Å². The molecule has 0 atom stereocenters. The van der Waals surface area contributed by atoms with E-state index in [-0.39, 0.29) is 23.1 Å². The molecule has 0 bridgehead atoms. The SMILES string of the molecule is CC(=O)CCc1ccc(Oc2cc(N3CCC(C(=O)O)CC3)ccc2[N+](=O)[O-])cc1. The third kappa shape index (κ3) is 5.34. The molecule has 0 unspecified atom stereocenters. The molecular weight excluding hydrogens is 388 g/mol. The van der Waals surface area contributed by atoms with Gasteiger partial charge in [-0.15, -0.1) is 0 Å². The minimum Gasteiger partial charge on any atom is -0.481 e. The molecular formula is C22H24N2O6. The third-order valence-electron chi connectivity index (χ3n) is 5.27.